The van der Waals surface area contributed by atoms with Crippen molar-refractivity contribution in [1.82, 2.24) is 45.0 Å². The van der Waals surface area contributed by atoms with Crippen molar-refractivity contribution in [2.75, 3.05) is 18.1 Å². The number of amides is 2. The third-order valence-corrected chi connectivity index (χ3v) is 13.7. The van der Waals surface area contributed by atoms with Gasteiger partial charge in [0.25, 0.3) is 0 Å². The number of hydrogen-bond acceptors (Lipinski definition) is 9. The van der Waals surface area contributed by atoms with Crippen molar-refractivity contribution in [2.45, 2.75) is 86.6 Å². The van der Waals surface area contributed by atoms with Crippen LogP contribution in [0, 0.1) is 9.62 Å². The Bertz CT molecular complexity index is 1640. The van der Waals surface area contributed by atoms with E-state index >= 15 is 0 Å². The first-order valence-electron chi connectivity index (χ1n) is 15.0. The van der Waals surface area contributed by atoms with Crippen molar-refractivity contribution in [1.29, 1.82) is 0 Å². The molecule has 2 aliphatic heterocycles. The van der Waals surface area contributed by atoms with E-state index in [1.165, 1.54) is 11.0 Å². The molecular weight excluding hydrogens is 711 g/mol. The summed E-state index contributed by atoms with van der Waals surface area (Å²) in [5.41, 5.74) is 1.13. The summed E-state index contributed by atoms with van der Waals surface area (Å²) in [6, 6.07) is -0.699. The average Bonchev–Trinajstić information content (AvgIpc) is 3.64. The topological polar surface area (TPSA) is 166 Å². The van der Waals surface area contributed by atoms with Crippen LogP contribution in [0.25, 0.3) is 5.78 Å². The summed E-state index contributed by atoms with van der Waals surface area (Å²) >= 11 is -0.913. The monoisotopic (exact) mass is 746 g/mol. The van der Waals surface area contributed by atoms with Gasteiger partial charge in [-0.05, 0) is 0 Å². The van der Waals surface area contributed by atoms with Crippen molar-refractivity contribution < 1.29 is 48.0 Å². The fourth-order valence-corrected chi connectivity index (χ4v) is 10.8. The Balaban J connectivity index is 1.37. The second-order valence-corrected chi connectivity index (χ2v) is 17.1. The van der Waals surface area contributed by atoms with Crippen LogP contribution in [0.5, 0.6) is 0 Å². The molecule has 3 aliphatic rings. The second-order valence-electron chi connectivity index (χ2n) is 11.7. The van der Waals surface area contributed by atoms with Crippen molar-refractivity contribution >= 4 is 27.4 Å². The van der Waals surface area contributed by atoms with Gasteiger partial charge in [-0.2, -0.15) is 0 Å². The van der Waals surface area contributed by atoms with Gasteiger partial charge in [0.05, 0.1) is 0 Å². The van der Waals surface area contributed by atoms with Gasteiger partial charge in [0, 0.05) is 0 Å². The van der Waals surface area contributed by atoms with E-state index in [1.807, 2.05) is 6.92 Å². The van der Waals surface area contributed by atoms with E-state index in [-0.39, 0.29) is 70.5 Å². The number of imidazole rings is 1. The van der Waals surface area contributed by atoms with E-state index in [4.69, 9.17) is 15.1 Å². The molecule has 0 radical (unpaired) electrons. The zero-order valence-electron chi connectivity index (χ0n) is 24.3. The number of carbonyl (C=O) groups is 2. The first kappa shape index (κ1) is 31.2. The Morgan fingerprint density at radius 1 is 1.18 bits per heavy atom. The molecular formula is C27H35F2IN9O4S-. The van der Waals surface area contributed by atoms with Crippen molar-refractivity contribution in [2.24, 2.45) is 5.92 Å². The number of sulfone groups is 1. The standard InChI is InChI=1S/C27H35F2IN9O4S/c1-2-38-23(32-15-33-38)25(41)35-20(16-5-9-27(28,29)10-6-16)19-14-39-26(34-19)36-21(17-7-12-44(42,43)13-8-17)22(37-39)30-18-4-3-11-31-24(18)40/h14-18,20H,2-13H2,1H3,(H,31,40)(H,35,41)/q-1/t18-,20-/m0/s1. The van der Waals surface area contributed by atoms with Crippen LogP contribution < -0.4 is 31.8 Å². The third-order valence-electron chi connectivity index (χ3n) is 8.67. The van der Waals surface area contributed by atoms with Crippen molar-refractivity contribution in [3.8, 4) is 0 Å². The molecule has 1 saturated carbocycles. The molecule has 2 amide bonds. The van der Waals surface area contributed by atoms with Gasteiger partial charge in [0.1, 0.15) is 0 Å². The number of aryl methyl sites for hydroxylation is 1. The molecule has 2 atom stereocenters. The van der Waals surface area contributed by atoms with Gasteiger partial charge in [-0.3, -0.25) is 0 Å². The van der Waals surface area contributed by atoms with Gasteiger partial charge in [0.15, 0.2) is 0 Å². The summed E-state index contributed by atoms with van der Waals surface area (Å²) in [4.78, 5) is 39.7. The molecule has 0 bridgehead atoms. The summed E-state index contributed by atoms with van der Waals surface area (Å²) < 4.78 is 56.1. The number of nitrogens with one attached hydrogen (secondary N) is 2. The normalized spacial score (nSPS) is 23.4. The summed E-state index contributed by atoms with van der Waals surface area (Å²) in [7, 11) is -3.11. The second kappa shape index (κ2) is 12.5. The maximum atomic E-state index is 14.1. The van der Waals surface area contributed by atoms with Crippen LogP contribution in [0.1, 0.15) is 92.3 Å². The molecule has 2 N–H and O–H groups in total. The molecule has 1 aliphatic carbocycles. The van der Waals surface area contributed by atoms with E-state index in [9.17, 15) is 26.8 Å². The van der Waals surface area contributed by atoms with Crippen molar-refractivity contribution in [3.63, 3.8) is 0 Å². The fourth-order valence-electron chi connectivity index (χ4n) is 6.15. The quantitative estimate of drug-likeness (QED) is 0.214. The number of fused-ring (bicyclic) bond motifs is 1. The summed E-state index contributed by atoms with van der Waals surface area (Å²) in [6.07, 6.45) is 5.27. The zero-order valence-corrected chi connectivity index (χ0v) is 27.2. The minimum absolute atomic E-state index is 0.00578. The number of rotatable bonds is 8. The SMILES string of the molecule is CCn1ncnc1C(=O)N[C@H](c1cn2nc([I-][C@H]3CCCNC3=O)c(C3CCS(=O)(=O)CC3)nc2n1)C1CCC(F)(F)CC1. The summed E-state index contributed by atoms with van der Waals surface area (Å²) in [5, 5.41) is 14.9. The zero-order chi connectivity index (χ0) is 31.1. The molecule has 17 heteroatoms. The molecule has 6 rings (SSSR count). The van der Waals surface area contributed by atoms with Crippen LogP contribution in [0.4, 0.5) is 8.78 Å². The number of aromatic nitrogens is 7. The van der Waals surface area contributed by atoms with Crippen LogP contribution in [0.15, 0.2) is 12.5 Å². The molecule has 0 spiro atoms. The van der Waals surface area contributed by atoms with Crippen LogP contribution in [-0.2, 0) is 21.2 Å². The third kappa shape index (κ3) is 6.72. The molecule has 5 heterocycles. The Morgan fingerprint density at radius 2 is 1.93 bits per heavy atom. The number of hydrogen-bond donors (Lipinski definition) is 2. The molecule has 2 saturated heterocycles. The number of halogens is 3. The predicted octanol–water partition coefficient (Wildman–Crippen LogP) is -1.14. The van der Waals surface area contributed by atoms with Gasteiger partial charge < -0.3 is 0 Å². The summed E-state index contributed by atoms with van der Waals surface area (Å²) in [5.74, 6) is -3.14. The Labute approximate surface area is 263 Å². The molecule has 0 unspecified atom stereocenters. The van der Waals surface area contributed by atoms with Gasteiger partial charge in [-0.25, -0.2) is 0 Å². The molecule has 44 heavy (non-hydrogen) atoms. The minimum atomic E-state index is -3.11. The van der Waals surface area contributed by atoms with Gasteiger partial charge >= 0.3 is 264 Å². The van der Waals surface area contributed by atoms with E-state index in [0.717, 1.165) is 16.5 Å². The number of carbonyl (C=O) groups excluding carboxylic acids is 2. The van der Waals surface area contributed by atoms with Gasteiger partial charge in [0.2, 0.25) is 0 Å². The van der Waals surface area contributed by atoms with Crippen LogP contribution in [0.3, 0.4) is 0 Å². The number of piperidine rings is 1. The Kier molecular flexibility index (Phi) is 8.87. The average molecular weight is 747 g/mol. The van der Waals surface area contributed by atoms with Gasteiger partial charge in [-0.1, -0.05) is 0 Å². The van der Waals surface area contributed by atoms with Crippen LogP contribution >= 0.6 is 0 Å². The molecule has 3 fully saturated rings. The van der Waals surface area contributed by atoms with Gasteiger partial charge in [-0.15, -0.1) is 0 Å². The molecule has 3 aromatic heterocycles. The van der Waals surface area contributed by atoms with E-state index < -0.39 is 48.9 Å². The Morgan fingerprint density at radius 3 is 2.64 bits per heavy atom. The molecule has 0 aromatic carbocycles. The first-order chi connectivity index (χ1) is 21.0. The van der Waals surface area contributed by atoms with E-state index in [0.29, 0.717) is 37.3 Å². The Hall–Kier alpha value is -2.83. The molecule has 3 aromatic rings. The predicted molar refractivity (Wildman–Crippen MR) is 149 cm³/mol. The molecule has 240 valence electrons. The number of nitrogens with zero attached hydrogens (tertiary/aromatic N) is 7. The van der Waals surface area contributed by atoms with Crippen LogP contribution in [-0.4, -0.2) is 82.5 Å². The maximum absolute atomic E-state index is 14.1. The fraction of sp³-hybridized carbons (Fsp3) is 0.667. The first-order valence-corrected chi connectivity index (χ1v) is 19.1. The molecule has 13 nitrogen and oxygen atoms in total. The van der Waals surface area contributed by atoms with Crippen LogP contribution in [0.2, 0.25) is 0 Å². The summed E-state index contributed by atoms with van der Waals surface area (Å²) in [6.45, 7) is 2.92. The van der Waals surface area contributed by atoms with E-state index in [2.05, 4.69) is 20.7 Å². The van der Waals surface area contributed by atoms with Crippen molar-refractivity contribution in [3.05, 3.63) is 33.4 Å². The number of alkyl halides is 3. The van der Waals surface area contributed by atoms with E-state index in [1.54, 1.807) is 10.7 Å².